The summed E-state index contributed by atoms with van der Waals surface area (Å²) < 4.78 is 26.1. The Morgan fingerprint density at radius 1 is 1.61 bits per heavy atom. The Bertz CT molecular complexity index is 469. The van der Waals surface area contributed by atoms with Crippen molar-refractivity contribution in [3.8, 4) is 0 Å². The molecule has 0 aliphatic rings. The Labute approximate surface area is 115 Å². The van der Waals surface area contributed by atoms with Gasteiger partial charge in [0.05, 0.1) is 0 Å². The summed E-state index contributed by atoms with van der Waals surface area (Å²) in [7, 11) is -3.72. The van der Waals surface area contributed by atoms with Gasteiger partial charge in [0, 0.05) is 0 Å². The molecule has 8 heteroatoms. The molecule has 102 valence electrons. The molecule has 0 aliphatic heterocycles. The fraction of sp³-hybridized carbons (Fsp3) is 0.500. The standard InChI is InChI=1S/C10H15NO4S3/c1-2-16-7-5-8(10(12)13)11-18(14,15)9-4-3-6-17-9/h3-4,6,8,11H,2,5,7H2,1H3,(H,12,13). The molecule has 0 spiro atoms. The van der Waals surface area contributed by atoms with Crippen LogP contribution in [-0.4, -0.2) is 37.0 Å². The van der Waals surface area contributed by atoms with E-state index in [-0.39, 0.29) is 10.6 Å². The van der Waals surface area contributed by atoms with Crippen molar-refractivity contribution in [1.82, 2.24) is 4.72 Å². The van der Waals surface area contributed by atoms with Crippen molar-refractivity contribution in [3.63, 3.8) is 0 Å². The number of carboxylic acid groups (broad SMARTS) is 1. The molecule has 0 aliphatic carbocycles. The third-order valence-electron chi connectivity index (χ3n) is 2.11. The maximum absolute atomic E-state index is 11.9. The number of rotatable bonds is 8. The molecule has 0 amide bonds. The Balaban J connectivity index is 2.69. The molecule has 1 heterocycles. The van der Waals surface area contributed by atoms with Gasteiger partial charge in [-0.1, -0.05) is 13.0 Å². The van der Waals surface area contributed by atoms with Crippen LogP contribution in [0.25, 0.3) is 0 Å². The predicted molar refractivity (Wildman–Crippen MR) is 73.7 cm³/mol. The molecule has 0 fully saturated rings. The van der Waals surface area contributed by atoms with Gasteiger partial charge in [-0.15, -0.1) is 11.3 Å². The third-order valence-corrected chi connectivity index (χ3v) is 5.91. The highest BCUT2D eigenvalue weighted by atomic mass is 32.2. The minimum absolute atomic E-state index is 0.136. The van der Waals surface area contributed by atoms with Gasteiger partial charge in [-0.25, -0.2) is 8.42 Å². The van der Waals surface area contributed by atoms with Crippen molar-refractivity contribution in [3.05, 3.63) is 17.5 Å². The number of carbonyl (C=O) groups is 1. The molecule has 5 nitrogen and oxygen atoms in total. The molecule has 1 unspecified atom stereocenters. The zero-order valence-electron chi connectivity index (χ0n) is 9.83. The lowest BCUT2D eigenvalue weighted by Gasteiger charge is -2.13. The first-order valence-electron chi connectivity index (χ1n) is 5.33. The predicted octanol–water partition coefficient (Wildman–Crippen LogP) is 1.62. The van der Waals surface area contributed by atoms with Crippen molar-refractivity contribution in [1.29, 1.82) is 0 Å². The summed E-state index contributed by atoms with van der Waals surface area (Å²) >= 11 is 2.65. The molecule has 0 radical (unpaired) electrons. The summed E-state index contributed by atoms with van der Waals surface area (Å²) in [6.07, 6.45) is 0.276. The zero-order chi connectivity index (χ0) is 13.6. The zero-order valence-corrected chi connectivity index (χ0v) is 12.3. The molecule has 2 N–H and O–H groups in total. The van der Waals surface area contributed by atoms with Gasteiger partial charge in [0.2, 0.25) is 0 Å². The quantitative estimate of drug-likeness (QED) is 0.713. The largest absolute Gasteiger partial charge is 0.480 e. The molecular weight excluding hydrogens is 294 g/mol. The first-order valence-corrected chi connectivity index (χ1v) is 8.85. The van der Waals surface area contributed by atoms with E-state index in [2.05, 4.69) is 4.72 Å². The fourth-order valence-corrected chi connectivity index (χ4v) is 4.16. The smallest absolute Gasteiger partial charge is 0.321 e. The minimum Gasteiger partial charge on any atom is -0.480 e. The number of thioether (sulfide) groups is 1. The van der Waals surface area contributed by atoms with Crippen LogP contribution in [0.15, 0.2) is 21.7 Å². The second-order valence-electron chi connectivity index (χ2n) is 3.43. The molecule has 0 bridgehead atoms. The second-order valence-corrected chi connectivity index (χ2v) is 7.71. The summed E-state index contributed by atoms with van der Waals surface area (Å²) in [5.74, 6) is 0.344. The van der Waals surface area contributed by atoms with Crippen LogP contribution in [-0.2, 0) is 14.8 Å². The summed E-state index contributed by atoms with van der Waals surface area (Å²) in [6.45, 7) is 1.97. The Hall–Kier alpha value is -0.570. The lowest BCUT2D eigenvalue weighted by Crippen LogP contribution is -2.40. The average Bonchev–Trinajstić information content (AvgIpc) is 2.81. The highest BCUT2D eigenvalue weighted by Gasteiger charge is 2.25. The molecule has 0 saturated carbocycles. The number of hydrogen-bond donors (Lipinski definition) is 2. The second kappa shape index (κ2) is 7.13. The molecule has 1 atom stereocenters. The number of sulfonamides is 1. The van der Waals surface area contributed by atoms with E-state index in [1.54, 1.807) is 23.2 Å². The van der Waals surface area contributed by atoms with Gasteiger partial charge in [-0.05, 0) is 29.4 Å². The van der Waals surface area contributed by atoms with Crippen molar-refractivity contribution >= 4 is 39.1 Å². The summed E-state index contributed by atoms with van der Waals surface area (Å²) in [5.41, 5.74) is 0. The van der Waals surface area contributed by atoms with Gasteiger partial charge in [-0.3, -0.25) is 4.79 Å². The monoisotopic (exact) mass is 309 g/mol. The molecular formula is C10H15NO4S3. The van der Waals surface area contributed by atoms with Gasteiger partial charge >= 0.3 is 5.97 Å². The Kier molecular flexibility index (Phi) is 6.13. The normalized spacial score (nSPS) is 13.4. The molecule has 1 rings (SSSR count). The number of aliphatic carboxylic acids is 1. The van der Waals surface area contributed by atoms with Crippen LogP contribution in [0.1, 0.15) is 13.3 Å². The highest BCUT2D eigenvalue weighted by Crippen LogP contribution is 2.16. The van der Waals surface area contributed by atoms with Crippen LogP contribution >= 0.6 is 23.1 Å². The third kappa shape index (κ3) is 4.60. The van der Waals surface area contributed by atoms with E-state index < -0.39 is 22.0 Å². The van der Waals surface area contributed by atoms with Crippen LogP contribution in [0, 0.1) is 0 Å². The van der Waals surface area contributed by atoms with E-state index in [0.717, 1.165) is 17.1 Å². The van der Waals surface area contributed by atoms with Gasteiger partial charge in [0.1, 0.15) is 10.3 Å². The minimum atomic E-state index is -3.72. The summed E-state index contributed by atoms with van der Waals surface area (Å²) in [5, 5.41) is 10.6. The summed E-state index contributed by atoms with van der Waals surface area (Å²) in [6, 6.07) is 1.99. The number of carboxylic acids is 1. The molecule has 0 aromatic carbocycles. The SMILES string of the molecule is CCSCCC(NS(=O)(=O)c1cccs1)C(=O)O. The Morgan fingerprint density at radius 2 is 2.33 bits per heavy atom. The molecule has 1 aromatic rings. The van der Waals surface area contributed by atoms with Gasteiger partial charge in [0.15, 0.2) is 0 Å². The maximum Gasteiger partial charge on any atom is 0.321 e. The van der Waals surface area contributed by atoms with Crippen molar-refractivity contribution < 1.29 is 18.3 Å². The Morgan fingerprint density at radius 3 is 2.83 bits per heavy atom. The number of nitrogens with one attached hydrogen (secondary N) is 1. The van der Waals surface area contributed by atoms with E-state index in [1.807, 2.05) is 6.92 Å². The topological polar surface area (TPSA) is 83.5 Å². The van der Waals surface area contributed by atoms with Gasteiger partial charge in [-0.2, -0.15) is 16.5 Å². The van der Waals surface area contributed by atoms with Gasteiger partial charge < -0.3 is 5.11 Å². The molecule has 18 heavy (non-hydrogen) atoms. The fourth-order valence-electron chi connectivity index (χ4n) is 1.24. The van der Waals surface area contributed by atoms with E-state index in [0.29, 0.717) is 5.75 Å². The van der Waals surface area contributed by atoms with Crippen molar-refractivity contribution in [2.45, 2.75) is 23.6 Å². The molecule has 1 aromatic heterocycles. The van der Waals surface area contributed by atoms with Crippen molar-refractivity contribution in [2.24, 2.45) is 0 Å². The van der Waals surface area contributed by atoms with E-state index in [9.17, 15) is 13.2 Å². The van der Waals surface area contributed by atoms with E-state index >= 15 is 0 Å². The van der Waals surface area contributed by atoms with Crippen LogP contribution in [0.3, 0.4) is 0 Å². The highest BCUT2D eigenvalue weighted by molar-refractivity contribution is 7.99. The first kappa shape index (κ1) is 15.5. The maximum atomic E-state index is 11.9. The van der Waals surface area contributed by atoms with Crippen LogP contribution in [0.5, 0.6) is 0 Å². The van der Waals surface area contributed by atoms with Crippen LogP contribution < -0.4 is 4.72 Å². The number of hydrogen-bond acceptors (Lipinski definition) is 5. The van der Waals surface area contributed by atoms with Crippen LogP contribution in [0.4, 0.5) is 0 Å². The van der Waals surface area contributed by atoms with E-state index in [4.69, 9.17) is 5.11 Å². The summed E-state index contributed by atoms with van der Waals surface area (Å²) in [4.78, 5) is 11.0. The van der Waals surface area contributed by atoms with Gasteiger partial charge in [0.25, 0.3) is 10.0 Å². The number of thiophene rings is 1. The lowest BCUT2D eigenvalue weighted by molar-refractivity contribution is -0.139. The molecule has 0 saturated heterocycles. The van der Waals surface area contributed by atoms with Crippen molar-refractivity contribution in [2.75, 3.05) is 11.5 Å². The first-order chi connectivity index (χ1) is 8.47. The lowest BCUT2D eigenvalue weighted by atomic mass is 10.2. The van der Waals surface area contributed by atoms with E-state index in [1.165, 1.54) is 6.07 Å². The van der Waals surface area contributed by atoms with Crippen LogP contribution in [0.2, 0.25) is 0 Å². The average molecular weight is 309 g/mol.